The quantitative estimate of drug-likeness (QED) is 0.580. The molecule has 1 aromatic carbocycles. The highest BCUT2D eigenvalue weighted by Gasteiger charge is 2.32. The van der Waals surface area contributed by atoms with Crippen molar-refractivity contribution >= 4 is 21.6 Å². The molecule has 20 heavy (non-hydrogen) atoms. The van der Waals surface area contributed by atoms with Gasteiger partial charge in [0.25, 0.3) is 5.69 Å². The number of rotatable bonds is 3. The van der Waals surface area contributed by atoms with Gasteiger partial charge in [0.05, 0.1) is 16.4 Å². The SMILES string of the molecule is CN1CCN(S(=O)(=O)c2cccc([N+](=O)[O-])c2)CC1=O. The number of piperazine rings is 1. The molecule has 9 heteroatoms. The molecule has 2 rings (SSSR count). The fourth-order valence-electron chi connectivity index (χ4n) is 1.85. The predicted octanol–water partition coefficient (Wildman–Crippen LogP) is 0.0575. The molecule has 0 bridgehead atoms. The highest BCUT2D eigenvalue weighted by atomic mass is 32.2. The molecule has 1 heterocycles. The summed E-state index contributed by atoms with van der Waals surface area (Å²) in [6, 6.07) is 4.81. The van der Waals surface area contributed by atoms with Gasteiger partial charge in [0, 0.05) is 32.3 Å². The lowest BCUT2D eigenvalue weighted by Crippen LogP contribution is -2.50. The molecular formula is C11H13N3O5S. The van der Waals surface area contributed by atoms with E-state index < -0.39 is 14.9 Å². The van der Waals surface area contributed by atoms with Gasteiger partial charge >= 0.3 is 0 Å². The molecule has 8 nitrogen and oxygen atoms in total. The van der Waals surface area contributed by atoms with Crippen LogP contribution in [0.25, 0.3) is 0 Å². The van der Waals surface area contributed by atoms with Crippen LogP contribution < -0.4 is 0 Å². The molecule has 0 radical (unpaired) electrons. The van der Waals surface area contributed by atoms with Gasteiger partial charge in [-0.15, -0.1) is 0 Å². The number of carbonyl (C=O) groups excluding carboxylic acids is 1. The summed E-state index contributed by atoms with van der Waals surface area (Å²) >= 11 is 0. The highest BCUT2D eigenvalue weighted by Crippen LogP contribution is 2.21. The Morgan fingerprint density at radius 1 is 1.30 bits per heavy atom. The molecule has 0 N–H and O–H groups in total. The molecule has 1 fully saturated rings. The summed E-state index contributed by atoms with van der Waals surface area (Å²) < 4.78 is 25.7. The van der Waals surface area contributed by atoms with Crippen molar-refractivity contribution in [2.75, 3.05) is 26.7 Å². The maximum Gasteiger partial charge on any atom is 0.270 e. The molecule has 0 aliphatic carbocycles. The van der Waals surface area contributed by atoms with E-state index in [0.29, 0.717) is 6.54 Å². The zero-order chi connectivity index (χ0) is 14.9. The minimum Gasteiger partial charge on any atom is -0.343 e. The van der Waals surface area contributed by atoms with Gasteiger partial charge in [0.1, 0.15) is 0 Å². The monoisotopic (exact) mass is 299 g/mol. The second-order valence-electron chi connectivity index (χ2n) is 4.41. The van der Waals surface area contributed by atoms with Gasteiger partial charge in [-0.25, -0.2) is 8.42 Å². The van der Waals surface area contributed by atoms with Gasteiger partial charge in [-0.3, -0.25) is 14.9 Å². The Balaban J connectivity index is 2.33. The van der Waals surface area contributed by atoms with Crippen molar-refractivity contribution in [3.8, 4) is 0 Å². The number of benzene rings is 1. The van der Waals surface area contributed by atoms with Crippen LogP contribution in [0.1, 0.15) is 0 Å². The van der Waals surface area contributed by atoms with Crippen LogP contribution in [0.5, 0.6) is 0 Å². The third-order valence-corrected chi connectivity index (χ3v) is 4.93. The van der Waals surface area contributed by atoms with Crippen LogP contribution in [0.15, 0.2) is 29.2 Å². The number of non-ortho nitro benzene ring substituents is 1. The van der Waals surface area contributed by atoms with Gasteiger partial charge in [0.2, 0.25) is 15.9 Å². The minimum atomic E-state index is -3.89. The number of hydrogen-bond donors (Lipinski definition) is 0. The van der Waals surface area contributed by atoms with Crippen LogP contribution >= 0.6 is 0 Å². The summed E-state index contributed by atoms with van der Waals surface area (Å²) in [5.41, 5.74) is -0.300. The van der Waals surface area contributed by atoms with Gasteiger partial charge < -0.3 is 4.90 Å². The first-order valence-electron chi connectivity index (χ1n) is 5.81. The summed E-state index contributed by atoms with van der Waals surface area (Å²) in [7, 11) is -2.30. The minimum absolute atomic E-state index is 0.174. The Kier molecular flexibility index (Phi) is 3.73. The average molecular weight is 299 g/mol. The summed E-state index contributed by atoms with van der Waals surface area (Å²) in [6.45, 7) is 0.224. The fraction of sp³-hybridized carbons (Fsp3) is 0.364. The summed E-state index contributed by atoms with van der Waals surface area (Å²) in [5, 5.41) is 10.7. The first-order valence-corrected chi connectivity index (χ1v) is 7.25. The number of amides is 1. The van der Waals surface area contributed by atoms with Crippen molar-refractivity contribution in [3.63, 3.8) is 0 Å². The molecule has 1 aliphatic heterocycles. The standard InChI is InChI=1S/C11H13N3O5S/c1-12-5-6-13(8-11(12)15)20(18,19)10-4-2-3-9(7-10)14(16)17/h2-4,7H,5-6,8H2,1H3. The van der Waals surface area contributed by atoms with Crippen LogP contribution in [0, 0.1) is 10.1 Å². The third kappa shape index (κ3) is 2.63. The van der Waals surface area contributed by atoms with Crippen molar-refractivity contribution < 1.29 is 18.1 Å². The zero-order valence-corrected chi connectivity index (χ0v) is 11.5. The van der Waals surface area contributed by atoms with Crippen molar-refractivity contribution in [3.05, 3.63) is 34.4 Å². The lowest BCUT2D eigenvalue weighted by atomic mass is 10.3. The van der Waals surface area contributed by atoms with Crippen molar-refractivity contribution in [1.29, 1.82) is 0 Å². The van der Waals surface area contributed by atoms with Crippen LogP contribution in [0.3, 0.4) is 0 Å². The molecule has 0 saturated carbocycles. The van der Waals surface area contributed by atoms with Crippen LogP contribution in [0.2, 0.25) is 0 Å². The van der Waals surface area contributed by atoms with Gasteiger partial charge in [-0.1, -0.05) is 6.07 Å². The Morgan fingerprint density at radius 3 is 2.60 bits per heavy atom. The summed E-state index contributed by atoms with van der Waals surface area (Å²) in [4.78, 5) is 22.9. The van der Waals surface area contributed by atoms with E-state index >= 15 is 0 Å². The third-order valence-electron chi connectivity index (χ3n) is 3.09. The predicted molar refractivity (Wildman–Crippen MR) is 69.5 cm³/mol. The molecule has 1 aliphatic rings. The molecule has 0 unspecified atom stereocenters. The number of nitrogens with zero attached hydrogens (tertiary/aromatic N) is 3. The molecule has 0 aromatic heterocycles. The average Bonchev–Trinajstić information content (AvgIpc) is 2.42. The highest BCUT2D eigenvalue weighted by molar-refractivity contribution is 7.89. The van der Waals surface area contributed by atoms with Gasteiger partial charge in [0.15, 0.2) is 0 Å². The maximum atomic E-state index is 12.3. The molecule has 0 atom stereocenters. The fourth-order valence-corrected chi connectivity index (χ4v) is 3.27. The molecule has 0 spiro atoms. The number of sulfonamides is 1. The Hall–Kier alpha value is -2.00. The second kappa shape index (κ2) is 5.17. The summed E-state index contributed by atoms with van der Waals surface area (Å²) in [6.07, 6.45) is 0. The summed E-state index contributed by atoms with van der Waals surface area (Å²) in [5.74, 6) is -0.301. The molecule has 1 aromatic rings. The van der Waals surface area contributed by atoms with Crippen molar-refractivity contribution in [2.45, 2.75) is 4.90 Å². The number of nitro groups is 1. The normalized spacial score (nSPS) is 17.2. The lowest BCUT2D eigenvalue weighted by Gasteiger charge is -2.31. The molecule has 1 saturated heterocycles. The van der Waals surface area contributed by atoms with E-state index in [0.717, 1.165) is 10.4 Å². The van der Waals surface area contributed by atoms with Crippen LogP contribution in [0.4, 0.5) is 5.69 Å². The Bertz CT molecular complexity index is 658. The van der Waals surface area contributed by atoms with Crippen LogP contribution in [-0.2, 0) is 14.8 Å². The van der Waals surface area contributed by atoms with Gasteiger partial charge in [-0.2, -0.15) is 4.31 Å². The van der Waals surface area contributed by atoms with Crippen LogP contribution in [-0.4, -0.2) is 55.1 Å². The van der Waals surface area contributed by atoms with Gasteiger partial charge in [-0.05, 0) is 6.07 Å². The largest absolute Gasteiger partial charge is 0.343 e. The molecule has 108 valence electrons. The Labute approximate surface area is 115 Å². The Morgan fingerprint density at radius 2 is 2.00 bits per heavy atom. The molecular weight excluding hydrogens is 286 g/mol. The number of hydrogen-bond acceptors (Lipinski definition) is 5. The van der Waals surface area contributed by atoms with E-state index in [9.17, 15) is 23.3 Å². The molecule has 1 amide bonds. The van der Waals surface area contributed by atoms with E-state index in [1.807, 2.05) is 0 Å². The zero-order valence-electron chi connectivity index (χ0n) is 10.7. The number of likely N-dealkylation sites (N-methyl/N-ethyl adjacent to an activating group) is 1. The van der Waals surface area contributed by atoms with E-state index in [1.54, 1.807) is 7.05 Å². The number of nitro benzene ring substituents is 1. The van der Waals surface area contributed by atoms with Crippen molar-refractivity contribution in [1.82, 2.24) is 9.21 Å². The number of carbonyl (C=O) groups is 1. The first-order chi connectivity index (χ1) is 9.32. The van der Waals surface area contributed by atoms with E-state index in [2.05, 4.69) is 0 Å². The van der Waals surface area contributed by atoms with E-state index in [-0.39, 0.29) is 29.6 Å². The topological polar surface area (TPSA) is 101 Å². The second-order valence-corrected chi connectivity index (χ2v) is 6.35. The smallest absolute Gasteiger partial charge is 0.270 e. The van der Waals surface area contributed by atoms with E-state index in [4.69, 9.17) is 0 Å². The maximum absolute atomic E-state index is 12.3. The van der Waals surface area contributed by atoms with Crippen molar-refractivity contribution in [2.24, 2.45) is 0 Å². The lowest BCUT2D eigenvalue weighted by molar-refractivity contribution is -0.385. The first kappa shape index (κ1) is 14.4. The van der Waals surface area contributed by atoms with E-state index in [1.165, 1.54) is 23.1 Å².